The molecule has 0 aliphatic heterocycles. The molecule has 1 N–H and O–H groups in total. The number of phenols is 1. The van der Waals surface area contributed by atoms with E-state index in [0.29, 0.717) is 68.7 Å². The van der Waals surface area contributed by atoms with E-state index in [1.165, 1.54) is 18.2 Å². The lowest BCUT2D eigenvalue weighted by molar-refractivity contribution is 0.0333. The van der Waals surface area contributed by atoms with Crippen LogP contribution in [0.4, 0.5) is 0 Å². The molecule has 0 aliphatic rings. The van der Waals surface area contributed by atoms with Gasteiger partial charge in [-0.25, -0.2) is 4.68 Å². The van der Waals surface area contributed by atoms with Gasteiger partial charge in [-0.1, -0.05) is 65.9 Å². The van der Waals surface area contributed by atoms with Gasteiger partial charge in [0.05, 0.1) is 56.2 Å². The number of benzene rings is 4. The molecule has 0 spiro atoms. The molecule has 0 saturated carbocycles. The molecule has 53 heavy (non-hydrogen) atoms. The standard InChI is InChI=1S/C42H41N3O8/c46-38-12-5-4-11-36(38)39(47)20-15-31-13-16-34(17-14-31)51-22-7-6-10-33-30-45(44-43-33)21-23-49-24-25-50-26-27-52-35-18-19-37-40(48)29-41(53-42(37)28-35)32-8-2-1-3-9-32/h1-5,8-9,11-20,28-30,46H,6-7,10,21-27H2/b20-15+. The summed E-state index contributed by atoms with van der Waals surface area (Å²) in [4.78, 5) is 24.9. The predicted octanol–water partition coefficient (Wildman–Crippen LogP) is 7.17. The van der Waals surface area contributed by atoms with Crippen LogP contribution in [0.2, 0.25) is 0 Å². The molecule has 2 aromatic heterocycles. The minimum atomic E-state index is -0.255. The van der Waals surface area contributed by atoms with Crippen LogP contribution in [-0.4, -0.2) is 65.5 Å². The highest BCUT2D eigenvalue weighted by Gasteiger charge is 2.09. The Hall–Kier alpha value is -6.04. The normalized spacial score (nSPS) is 11.3. The van der Waals surface area contributed by atoms with Gasteiger partial charge in [0.15, 0.2) is 11.2 Å². The van der Waals surface area contributed by atoms with Gasteiger partial charge in [-0.15, -0.1) is 5.10 Å². The number of ether oxygens (including phenoxy) is 4. The number of aromatic nitrogens is 3. The minimum Gasteiger partial charge on any atom is -0.507 e. The number of unbranched alkanes of at least 4 members (excludes halogenated alkanes) is 1. The van der Waals surface area contributed by atoms with Crippen LogP contribution in [0.15, 0.2) is 125 Å². The Morgan fingerprint density at radius 2 is 1.51 bits per heavy atom. The number of aryl methyl sites for hydroxylation is 1. The fourth-order valence-electron chi connectivity index (χ4n) is 5.45. The van der Waals surface area contributed by atoms with Gasteiger partial charge in [0.25, 0.3) is 0 Å². The number of para-hydroxylation sites is 1. The summed E-state index contributed by atoms with van der Waals surface area (Å²) in [6, 6.07) is 30.2. The molecule has 2 heterocycles. The van der Waals surface area contributed by atoms with Gasteiger partial charge in [0, 0.05) is 23.9 Å². The van der Waals surface area contributed by atoms with Crippen molar-refractivity contribution in [2.24, 2.45) is 0 Å². The van der Waals surface area contributed by atoms with E-state index in [0.717, 1.165) is 41.8 Å². The predicted molar refractivity (Wildman–Crippen MR) is 201 cm³/mol. The molecular weight excluding hydrogens is 674 g/mol. The molecule has 6 aromatic rings. The van der Waals surface area contributed by atoms with Gasteiger partial charge in [-0.3, -0.25) is 9.59 Å². The van der Waals surface area contributed by atoms with Crippen molar-refractivity contribution in [2.75, 3.05) is 39.6 Å². The number of hydrogen-bond acceptors (Lipinski definition) is 10. The first-order valence-corrected chi connectivity index (χ1v) is 17.6. The van der Waals surface area contributed by atoms with Gasteiger partial charge < -0.3 is 28.5 Å². The van der Waals surface area contributed by atoms with E-state index in [9.17, 15) is 14.7 Å². The Kier molecular flexibility index (Phi) is 13.2. The zero-order chi connectivity index (χ0) is 36.7. The average molecular weight is 716 g/mol. The number of carbonyl (C=O) groups excluding carboxylic acids is 1. The van der Waals surface area contributed by atoms with E-state index in [4.69, 9.17) is 23.4 Å². The lowest BCUT2D eigenvalue weighted by Gasteiger charge is -2.09. The number of phenolic OH excluding ortho intramolecular Hbond substituents is 1. The van der Waals surface area contributed by atoms with Crippen LogP contribution in [0, 0.1) is 0 Å². The van der Waals surface area contributed by atoms with E-state index in [1.807, 2.05) is 60.8 Å². The summed E-state index contributed by atoms with van der Waals surface area (Å²) in [5.41, 5.74) is 3.27. The molecule has 0 aliphatic carbocycles. The summed E-state index contributed by atoms with van der Waals surface area (Å²) in [5, 5.41) is 18.8. The van der Waals surface area contributed by atoms with Crippen LogP contribution in [0.5, 0.6) is 17.2 Å². The van der Waals surface area contributed by atoms with Gasteiger partial charge in [-0.05, 0) is 67.3 Å². The number of rotatable bonds is 20. The van der Waals surface area contributed by atoms with E-state index < -0.39 is 0 Å². The molecule has 272 valence electrons. The quantitative estimate of drug-likeness (QED) is 0.0493. The van der Waals surface area contributed by atoms with Crippen molar-refractivity contribution in [1.82, 2.24) is 15.0 Å². The molecule has 6 rings (SSSR count). The van der Waals surface area contributed by atoms with Crippen molar-refractivity contribution in [3.63, 3.8) is 0 Å². The first kappa shape index (κ1) is 36.7. The van der Waals surface area contributed by atoms with Crippen molar-refractivity contribution >= 4 is 22.8 Å². The topological polar surface area (TPSA) is 135 Å². The Bertz CT molecular complexity index is 2160. The number of ketones is 1. The Morgan fingerprint density at radius 3 is 2.34 bits per heavy atom. The van der Waals surface area contributed by atoms with Gasteiger partial charge in [0.2, 0.25) is 0 Å². The first-order valence-electron chi connectivity index (χ1n) is 17.6. The van der Waals surface area contributed by atoms with Crippen LogP contribution >= 0.6 is 0 Å². The molecule has 0 amide bonds. The highest BCUT2D eigenvalue weighted by atomic mass is 16.5. The third-order valence-electron chi connectivity index (χ3n) is 8.25. The van der Waals surface area contributed by atoms with Crippen molar-refractivity contribution in [3.8, 4) is 28.6 Å². The molecular formula is C42H41N3O8. The van der Waals surface area contributed by atoms with Crippen LogP contribution < -0.4 is 14.9 Å². The van der Waals surface area contributed by atoms with E-state index >= 15 is 0 Å². The smallest absolute Gasteiger partial charge is 0.193 e. The van der Waals surface area contributed by atoms with Crippen LogP contribution in [-0.2, 0) is 22.4 Å². The third kappa shape index (κ3) is 11.0. The first-order chi connectivity index (χ1) is 26.0. The van der Waals surface area contributed by atoms with E-state index in [-0.39, 0.29) is 22.5 Å². The number of hydrogen-bond donors (Lipinski definition) is 1. The van der Waals surface area contributed by atoms with Crippen molar-refractivity contribution in [2.45, 2.75) is 25.8 Å². The maximum absolute atomic E-state index is 12.6. The molecule has 11 nitrogen and oxygen atoms in total. The summed E-state index contributed by atoms with van der Waals surface area (Å²) in [7, 11) is 0. The van der Waals surface area contributed by atoms with Crippen molar-refractivity contribution < 1.29 is 33.3 Å². The second-order valence-electron chi connectivity index (χ2n) is 12.1. The van der Waals surface area contributed by atoms with Crippen LogP contribution in [0.3, 0.4) is 0 Å². The fraction of sp³-hybridized carbons (Fsp3) is 0.238. The highest BCUT2D eigenvalue weighted by molar-refractivity contribution is 6.08. The third-order valence-corrected chi connectivity index (χ3v) is 8.25. The largest absolute Gasteiger partial charge is 0.507 e. The zero-order valence-electron chi connectivity index (χ0n) is 29.3. The molecule has 4 aromatic carbocycles. The second kappa shape index (κ2) is 19.0. The summed E-state index contributed by atoms with van der Waals surface area (Å²) in [6.45, 7) is 3.29. The summed E-state index contributed by atoms with van der Waals surface area (Å²) in [6.07, 6.45) is 7.69. The summed E-state index contributed by atoms with van der Waals surface area (Å²) in [5.74, 6) is 1.59. The molecule has 0 fully saturated rings. The molecule has 0 atom stereocenters. The number of aromatic hydroxyl groups is 1. The number of fused-ring (bicyclic) bond motifs is 1. The number of allylic oxidation sites excluding steroid dienone is 1. The second-order valence-corrected chi connectivity index (χ2v) is 12.1. The lowest BCUT2D eigenvalue weighted by Crippen LogP contribution is -2.13. The Morgan fingerprint density at radius 1 is 0.774 bits per heavy atom. The molecule has 0 unspecified atom stereocenters. The van der Waals surface area contributed by atoms with Gasteiger partial charge >= 0.3 is 0 Å². The number of carbonyl (C=O) groups is 1. The fourth-order valence-corrected chi connectivity index (χ4v) is 5.45. The maximum Gasteiger partial charge on any atom is 0.193 e. The molecule has 11 heteroatoms. The van der Waals surface area contributed by atoms with E-state index in [2.05, 4.69) is 10.3 Å². The maximum atomic E-state index is 12.6. The number of nitrogens with zero attached hydrogens (tertiary/aromatic N) is 3. The van der Waals surface area contributed by atoms with E-state index in [1.54, 1.807) is 47.2 Å². The SMILES string of the molecule is O=C(/C=C/c1ccc(OCCCCc2cn(CCOCCOCCOc3ccc4c(=O)cc(-c5ccccc5)oc4c3)nn2)cc1)c1ccccc1O. The Balaban J connectivity index is 0.795. The molecule has 0 radical (unpaired) electrons. The minimum absolute atomic E-state index is 0.0315. The van der Waals surface area contributed by atoms with Crippen LogP contribution in [0.25, 0.3) is 28.4 Å². The van der Waals surface area contributed by atoms with Gasteiger partial charge in [-0.2, -0.15) is 0 Å². The summed E-state index contributed by atoms with van der Waals surface area (Å²) >= 11 is 0. The van der Waals surface area contributed by atoms with Crippen molar-refractivity contribution in [1.29, 1.82) is 0 Å². The van der Waals surface area contributed by atoms with Gasteiger partial charge in [0.1, 0.15) is 35.2 Å². The summed E-state index contributed by atoms with van der Waals surface area (Å²) < 4.78 is 30.8. The lowest BCUT2D eigenvalue weighted by atomic mass is 10.1. The molecule has 0 bridgehead atoms. The highest BCUT2D eigenvalue weighted by Crippen LogP contribution is 2.25. The monoisotopic (exact) mass is 715 g/mol. The average Bonchev–Trinajstić information content (AvgIpc) is 3.64. The van der Waals surface area contributed by atoms with Crippen LogP contribution in [0.1, 0.15) is 34.5 Å². The molecule has 0 saturated heterocycles. The van der Waals surface area contributed by atoms with Crippen molar-refractivity contribution in [3.05, 3.63) is 142 Å². The zero-order valence-corrected chi connectivity index (χ0v) is 29.3. The Labute approximate surface area is 307 Å².